The molecule has 0 amide bonds. The number of hydrazine groups is 1. The normalized spacial score (nSPS) is 8.50. The molecule has 2 N–H and O–H groups in total. The molecule has 0 spiro atoms. The molecule has 0 aromatic heterocycles. The van der Waals surface area contributed by atoms with Crippen molar-refractivity contribution in [1.29, 1.82) is 0 Å². The lowest BCUT2D eigenvalue weighted by Gasteiger charge is -1.97. The molecule has 0 unspecified atom stereocenters. The largest absolute Gasteiger partial charge is 0.254 e. The van der Waals surface area contributed by atoms with Crippen molar-refractivity contribution in [3.63, 3.8) is 0 Å². The van der Waals surface area contributed by atoms with Crippen molar-refractivity contribution in [1.82, 2.24) is 10.9 Å². The smallest absolute Gasteiger partial charge is 0.0278 e. The van der Waals surface area contributed by atoms with Crippen molar-refractivity contribution in [2.75, 3.05) is 13.1 Å². The summed E-state index contributed by atoms with van der Waals surface area (Å²) in [4.78, 5) is 0. The number of nitrogens with one attached hydrogen (secondary N) is 2. The Labute approximate surface area is 50.3 Å². The molecule has 2 nitrogen and oxygen atoms in total. The second kappa shape index (κ2) is 6.40. The third-order valence-corrected chi connectivity index (χ3v) is 0.618. The van der Waals surface area contributed by atoms with Crippen molar-refractivity contribution in [3.8, 4) is 0 Å². The molecule has 0 aromatic rings. The molecule has 0 heterocycles. The minimum Gasteiger partial charge on any atom is -0.254 e. The Morgan fingerprint density at radius 3 is 1.62 bits per heavy atom. The van der Waals surface area contributed by atoms with E-state index in [1.807, 2.05) is 0 Å². The van der Waals surface area contributed by atoms with Crippen molar-refractivity contribution in [3.05, 3.63) is 25.3 Å². The minimum absolute atomic E-state index is 0.786. The van der Waals surface area contributed by atoms with Gasteiger partial charge in [-0.2, -0.15) is 0 Å². The monoisotopic (exact) mass is 114 g/mol. The van der Waals surface area contributed by atoms with Crippen molar-refractivity contribution >= 4 is 0 Å². The van der Waals surface area contributed by atoms with Crippen LogP contribution in [0, 0.1) is 0 Å². The zero-order chi connectivity index (χ0) is 6.24. The van der Waals surface area contributed by atoms with Crippen LogP contribution in [0.4, 0.5) is 0 Å². The first-order chi connectivity index (χ1) is 3.91. The summed E-state index contributed by atoms with van der Waals surface area (Å²) < 4.78 is 0. The quantitative estimate of drug-likeness (QED) is 0.235. The van der Waals surface area contributed by atoms with Crippen LogP contribution in [0.25, 0.3) is 0 Å². The van der Waals surface area contributed by atoms with Gasteiger partial charge in [-0.25, -0.2) is 0 Å². The fourth-order valence-electron chi connectivity index (χ4n) is 0.289. The van der Waals surface area contributed by atoms with E-state index in [0.717, 1.165) is 13.1 Å². The predicted octanol–water partition coefficient (Wildman–Crippen LogP) is 0.453. The molecule has 0 bridgehead atoms. The fourth-order valence-corrected chi connectivity index (χ4v) is 0.289. The minimum atomic E-state index is 0.786. The first-order valence-corrected chi connectivity index (χ1v) is 2.59. The molecular formula is C6H12N2. The topological polar surface area (TPSA) is 24.1 Å². The van der Waals surface area contributed by atoms with Gasteiger partial charge < -0.3 is 0 Å². The fraction of sp³-hybridized carbons (Fsp3) is 0.333. The third-order valence-electron chi connectivity index (χ3n) is 0.618. The first kappa shape index (κ1) is 7.40. The van der Waals surface area contributed by atoms with E-state index in [1.165, 1.54) is 0 Å². The summed E-state index contributed by atoms with van der Waals surface area (Å²) >= 11 is 0. The molecule has 0 aliphatic heterocycles. The molecule has 8 heavy (non-hydrogen) atoms. The van der Waals surface area contributed by atoms with Gasteiger partial charge in [-0.05, 0) is 0 Å². The molecule has 0 fully saturated rings. The number of rotatable bonds is 5. The Kier molecular flexibility index (Phi) is 5.92. The van der Waals surface area contributed by atoms with Crippen LogP contribution in [0.15, 0.2) is 25.3 Å². The molecule has 0 saturated heterocycles. The highest BCUT2D eigenvalue weighted by Crippen LogP contribution is 1.56. The zero-order valence-corrected chi connectivity index (χ0v) is 4.98. The zero-order valence-electron chi connectivity index (χ0n) is 4.98. The van der Waals surface area contributed by atoms with E-state index in [9.17, 15) is 0 Å². The van der Waals surface area contributed by atoms with Crippen LogP contribution in [0.2, 0.25) is 0 Å². The van der Waals surface area contributed by atoms with Gasteiger partial charge in [0.25, 0.3) is 0 Å². The van der Waals surface area contributed by atoms with Gasteiger partial charge in [0.15, 0.2) is 0 Å². The lowest BCUT2D eigenvalue weighted by Crippen LogP contribution is -2.31. The molecule has 0 atom stereocenters. The maximum absolute atomic E-state index is 3.53. The van der Waals surface area contributed by atoms with Gasteiger partial charge in [-0.3, -0.25) is 10.9 Å². The molecule has 46 valence electrons. The summed E-state index contributed by atoms with van der Waals surface area (Å²) in [6, 6.07) is 0. The maximum atomic E-state index is 3.53. The SMILES string of the molecule is C=C[13CH2]NN[13CH2]C=C. The molecule has 0 aromatic carbocycles. The molecule has 2 heteroatoms. The Morgan fingerprint density at radius 2 is 1.38 bits per heavy atom. The predicted molar refractivity (Wildman–Crippen MR) is 36.4 cm³/mol. The Bertz CT molecular complexity index is 58.9. The summed E-state index contributed by atoms with van der Waals surface area (Å²) in [5.74, 6) is 0. The summed E-state index contributed by atoms with van der Waals surface area (Å²) in [5, 5.41) is 0. The Balaban J connectivity index is 2.71. The average molecular weight is 114 g/mol. The van der Waals surface area contributed by atoms with Gasteiger partial charge in [0.1, 0.15) is 0 Å². The highest BCUT2D eigenvalue weighted by molar-refractivity contribution is 4.71. The van der Waals surface area contributed by atoms with E-state index in [2.05, 4.69) is 24.0 Å². The second-order valence-corrected chi connectivity index (χ2v) is 1.34. The molecule has 0 aliphatic carbocycles. The lowest BCUT2D eigenvalue weighted by atomic mass is 10.9. The van der Waals surface area contributed by atoms with E-state index >= 15 is 0 Å². The van der Waals surface area contributed by atoms with E-state index in [0.29, 0.717) is 0 Å². The first-order valence-electron chi connectivity index (χ1n) is 2.59. The summed E-state index contributed by atoms with van der Waals surface area (Å²) in [6.45, 7) is 8.63. The summed E-state index contributed by atoms with van der Waals surface area (Å²) in [7, 11) is 0. The van der Waals surface area contributed by atoms with Gasteiger partial charge in [0, 0.05) is 13.1 Å². The molecular weight excluding hydrogens is 102 g/mol. The standard InChI is InChI=1S/C6H12N2/c1-3-5-7-8-6-4-2/h3-4,7-8H,1-2,5-6H2/i5+1,6+1. The van der Waals surface area contributed by atoms with Gasteiger partial charge >= 0.3 is 0 Å². The van der Waals surface area contributed by atoms with Gasteiger partial charge in [0.2, 0.25) is 0 Å². The average Bonchev–Trinajstić information content (AvgIpc) is 1.81. The molecule has 0 radical (unpaired) electrons. The maximum Gasteiger partial charge on any atom is 0.0278 e. The van der Waals surface area contributed by atoms with Crippen molar-refractivity contribution in [2.24, 2.45) is 0 Å². The van der Waals surface area contributed by atoms with E-state index in [-0.39, 0.29) is 0 Å². The van der Waals surface area contributed by atoms with Crippen LogP contribution in [-0.2, 0) is 0 Å². The van der Waals surface area contributed by atoms with Crippen LogP contribution >= 0.6 is 0 Å². The van der Waals surface area contributed by atoms with Crippen LogP contribution in [0.1, 0.15) is 0 Å². The van der Waals surface area contributed by atoms with Crippen molar-refractivity contribution < 1.29 is 0 Å². The lowest BCUT2D eigenvalue weighted by molar-refractivity contribution is 0.611. The second-order valence-electron chi connectivity index (χ2n) is 1.34. The van der Waals surface area contributed by atoms with Gasteiger partial charge in [-0.15, -0.1) is 13.2 Å². The van der Waals surface area contributed by atoms with E-state index in [1.54, 1.807) is 12.2 Å². The van der Waals surface area contributed by atoms with E-state index < -0.39 is 0 Å². The highest BCUT2D eigenvalue weighted by atomic mass is 15.5. The number of hydrogen-bond donors (Lipinski definition) is 2. The molecule has 0 saturated carbocycles. The Morgan fingerprint density at radius 1 is 1.00 bits per heavy atom. The van der Waals surface area contributed by atoms with E-state index in [4.69, 9.17) is 0 Å². The van der Waals surface area contributed by atoms with Crippen molar-refractivity contribution in [2.45, 2.75) is 0 Å². The third kappa shape index (κ3) is 5.40. The molecule has 0 rings (SSSR count). The van der Waals surface area contributed by atoms with Crippen LogP contribution in [0.5, 0.6) is 0 Å². The Hall–Kier alpha value is -0.600. The van der Waals surface area contributed by atoms with Crippen LogP contribution in [-0.4, -0.2) is 13.1 Å². The van der Waals surface area contributed by atoms with Gasteiger partial charge in [0.05, 0.1) is 0 Å². The van der Waals surface area contributed by atoms with Crippen LogP contribution < -0.4 is 10.9 Å². The number of hydrogen-bond acceptors (Lipinski definition) is 2. The summed E-state index contributed by atoms with van der Waals surface area (Å²) in [6.07, 6.45) is 3.58. The highest BCUT2D eigenvalue weighted by Gasteiger charge is 1.72. The van der Waals surface area contributed by atoms with Gasteiger partial charge in [-0.1, -0.05) is 12.2 Å². The van der Waals surface area contributed by atoms with Crippen LogP contribution in [0.3, 0.4) is 0 Å². The summed E-state index contributed by atoms with van der Waals surface area (Å²) in [5.41, 5.74) is 5.79. The molecule has 0 aliphatic rings.